The molecule has 4 aromatic rings. The Balaban J connectivity index is 1.64. The fraction of sp³-hybridized carbons (Fsp3) is 0.103. The van der Waals surface area contributed by atoms with Crippen LogP contribution in [0.1, 0.15) is 27.0 Å². The van der Waals surface area contributed by atoms with Crippen LogP contribution < -0.4 is 5.32 Å². The van der Waals surface area contributed by atoms with E-state index in [0.717, 1.165) is 9.87 Å². The predicted molar refractivity (Wildman–Crippen MR) is 145 cm³/mol. The lowest BCUT2D eigenvalue weighted by molar-refractivity contribution is -0.116. The van der Waals surface area contributed by atoms with E-state index >= 15 is 0 Å². The topological polar surface area (TPSA) is 83.6 Å². The molecule has 1 amide bonds. The van der Waals surface area contributed by atoms with Crippen LogP contribution in [0.2, 0.25) is 5.02 Å². The summed E-state index contributed by atoms with van der Waals surface area (Å²) in [4.78, 5) is 26.3. The molecule has 38 heavy (non-hydrogen) atoms. The summed E-state index contributed by atoms with van der Waals surface area (Å²) in [5.74, 6) is -1.66. The molecule has 4 rings (SSSR count). The van der Waals surface area contributed by atoms with E-state index in [1.54, 1.807) is 48.5 Å². The first kappa shape index (κ1) is 27.2. The molecule has 0 aliphatic rings. The standard InChI is InChI=1S/C29H24ClFN2O4S/c1-20-11-14-24(15-12-20)38(36,37)33(18-22-9-5-6-10-26(22)31)19-28(34)32-27-16-13-23(30)17-25(27)29(35)21-7-3-2-4-8-21/h2-17H,18-19H2,1H3,(H,32,34). The summed E-state index contributed by atoms with van der Waals surface area (Å²) in [6.45, 7) is 0.834. The third kappa shape index (κ3) is 6.34. The normalized spacial score (nSPS) is 11.4. The molecule has 1 N–H and O–H groups in total. The van der Waals surface area contributed by atoms with Crippen molar-refractivity contribution in [1.29, 1.82) is 0 Å². The molecule has 0 saturated carbocycles. The smallest absolute Gasteiger partial charge is 0.243 e. The molecule has 6 nitrogen and oxygen atoms in total. The summed E-state index contributed by atoms with van der Waals surface area (Å²) >= 11 is 6.13. The van der Waals surface area contributed by atoms with Crippen LogP contribution in [0.4, 0.5) is 10.1 Å². The third-order valence-corrected chi connectivity index (χ3v) is 7.86. The van der Waals surface area contributed by atoms with Gasteiger partial charge in [0.2, 0.25) is 15.9 Å². The zero-order chi connectivity index (χ0) is 27.3. The molecule has 0 aliphatic heterocycles. The van der Waals surface area contributed by atoms with Crippen molar-refractivity contribution in [2.24, 2.45) is 0 Å². The van der Waals surface area contributed by atoms with Gasteiger partial charge in [-0.2, -0.15) is 4.31 Å². The first-order valence-corrected chi connectivity index (χ1v) is 13.5. The Bertz CT molecular complexity index is 1580. The average molecular weight is 551 g/mol. The van der Waals surface area contributed by atoms with Crippen LogP contribution in [0.15, 0.2) is 102 Å². The summed E-state index contributed by atoms with van der Waals surface area (Å²) in [5.41, 5.74) is 1.70. The number of benzene rings is 4. The number of ketones is 1. The van der Waals surface area contributed by atoms with Crippen molar-refractivity contribution >= 4 is 39.0 Å². The highest BCUT2D eigenvalue weighted by atomic mass is 35.5. The molecular formula is C29H24ClFN2O4S. The van der Waals surface area contributed by atoms with E-state index in [1.807, 2.05) is 6.92 Å². The zero-order valence-electron chi connectivity index (χ0n) is 20.4. The van der Waals surface area contributed by atoms with Crippen LogP contribution in [0.3, 0.4) is 0 Å². The van der Waals surface area contributed by atoms with Crippen LogP contribution in [-0.2, 0) is 21.4 Å². The highest BCUT2D eigenvalue weighted by Gasteiger charge is 2.28. The molecule has 0 fully saturated rings. The minimum atomic E-state index is -4.18. The highest BCUT2D eigenvalue weighted by molar-refractivity contribution is 7.89. The average Bonchev–Trinajstić information content (AvgIpc) is 2.91. The molecular weight excluding hydrogens is 527 g/mol. The van der Waals surface area contributed by atoms with E-state index in [-0.39, 0.29) is 34.0 Å². The van der Waals surface area contributed by atoms with Gasteiger partial charge in [0.15, 0.2) is 5.78 Å². The summed E-state index contributed by atoms with van der Waals surface area (Å²) < 4.78 is 42.4. The van der Waals surface area contributed by atoms with Crippen molar-refractivity contribution in [2.75, 3.05) is 11.9 Å². The van der Waals surface area contributed by atoms with Gasteiger partial charge in [-0.1, -0.05) is 77.8 Å². The summed E-state index contributed by atoms with van der Waals surface area (Å²) in [6, 6.07) is 24.8. The monoisotopic (exact) mass is 550 g/mol. The number of sulfonamides is 1. The molecule has 9 heteroatoms. The van der Waals surface area contributed by atoms with Crippen LogP contribution in [0, 0.1) is 12.7 Å². The number of hydrogen-bond donors (Lipinski definition) is 1. The Labute approximate surface area is 225 Å². The zero-order valence-corrected chi connectivity index (χ0v) is 22.0. The number of hydrogen-bond acceptors (Lipinski definition) is 4. The molecule has 0 aliphatic carbocycles. The number of carbonyl (C=O) groups excluding carboxylic acids is 2. The van der Waals surface area contributed by atoms with Gasteiger partial charge < -0.3 is 5.32 Å². The largest absolute Gasteiger partial charge is 0.324 e. The quantitative estimate of drug-likeness (QED) is 0.265. The second-order valence-corrected chi connectivity index (χ2v) is 11.0. The van der Waals surface area contributed by atoms with E-state index in [0.29, 0.717) is 10.6 Å². The van der Waals surface area contributed by atoms with E-state index in [4.69, 9.17) is 11.6 Å². The maximum absolute atomic E-state index is 14.4. The molecule has 0 unspecified atom stereocenters. The predicted octanol–water partition coefficient (Wildman–Crippen LogP) is 5.85. The van der Waals surface area contributed by atoms with Crippen molar-refractivity contribution < 1.29 is 22.4 Å². The van der Waals surface area contributed by atoms with Crippen LogP contribution in [0.5, 0.6) is 0 Å². The molecule has 0 saturated heterocycles. The number of nitrogens with zero attached hydrogens (tertiary/aromatic N) is 1. The number of carbonyl (C=O) groups is 2. The SMILES string of the molecule is Cc1ccc(S(=O)(=O)N(CC(=O)Nc2ccc(Cl)cc2C(=O)c2ccccc2)Cc2ccccc2F)cc1. The maximum atomic E-state index is 14.4. The fourth-order valence-electron chi connectivity index (χ4n) is 3.81. The summed E-state index contributed by atoms with van der Waals surface area (Å²) in [6.07, 6.45) is 0. The Morgan fingerprint density at radius 2 is 1.55 bits per heavy atom. The van der Waals surface area contributed by atoms with Gasteiger partial charge in [0.05, 0.1) is 17.1 Å². The van der Waals surface area contributed by atoms with Crippen LogP contribution >= 0.6 is 11.6 Å². The Hall–Kier alpha value is -3.85. The number of rotatable bonds is 9. The van der Waals surface area contributed by atoms with E-state index < -0.39 is 28.3 Å². The third-order valence-electron chi connectivity index (χ3n) is 5.82. The van der Waals surface area contributed by atoms with Crippen LogP contribution in [-0.4, -0.2) is 31.0 Å². The van der Waals surface area contributed by atoms with Gasteiger partial charge >= 0.3 is 0 Å². The molecule has 0 spiro atoms. The van der Waals surface area contributed by atoms with Crippen LogP contribution in [0.25, 0.3) is 0 Å². The lowest BCUT2D eigenvalue weighted by atomic mass is 10.0. The van der Waals surface area contributed by atoms with Gasteiger partial charge in [0.1, 0.15) is 5.82 Å². The minimum Gasteiger partial charge on any atom is -0.324 e. The highest BCUT2D eigenvalue weighted by Crippen LogP contribution is 2.25. The lowest BCUT2D eigenvalue weighted by Gasteiger charge is -2.22. The minimum absolute atomic E-state index is 0.0290. The van der Waals surface area contributed by atoms with Gasteiger partial charge in [-0.15, -0.1) is 0 Å². The van der Waals surface area contributed by atoms with Gasteiger partial charge in [-0.05, 0) is 43.3 Å². The van der Waals surface area contributed by atoms with E-state index in [9.17, 15) is 22.4 Å². The Kier molecular flexibility index (Phi) is 8.36. The van der Waals surface area contributed by atoms with Gasteiger partial charge in [0.25, 0.3) is 0 Å². The fourth-order valence-corrected chi connectivity index (χ4v) is 5.36. The number of halogens is 2. The van der Waals surface area contributed by atoms with Gasteiger partial charge in [-0.3, -0.25) is 9.59 Å². The van der Waals surface area contributed by atoms with Gasteiger partial charge in [0, 0.05) is 28.3 Å². The van der Waals surface area contributed by atoms with Crippen molar-refractivity contribution in [1.82, 2.24) is 4.31 Å². The second kappa shape index (κ2) is 11.7. The molecule has 0 heterocycles. The van der Waals surface area contributed by atoms with Crippen molar-refractivity contribution in [3.05, 3.63) is 130 Å². The number of nitrogens with one attached hydrogen (secondary N) is 1. The molecule has 0 radical (unpaired) electrons. The Morgan fingerprint density at radius 1 is 0.895 bits per heavy atom. The van der Waals surface area contributed by atoms with Crippen molar-refractivity contribution in [3.63, 3.8) is 0 Å². The van der Waals surface area contributed by atoms with E-state index in [1.165, 1.54) is 48.5 Å². The maximum Gasteiger partial charge on any atom is 0.243 e. The van der Waals surface area contributed by atoms with E-state index in [2.05, 4.69) is 5.32 Å². The number of amides is 1. The molecule has 0 bridgehead atoms. The number of anilines is 1. The first-order chi connectivity index (χ1) is 18.1. The second-order valence-electron chi connectivity index (χ2n) is 8.61. The Morgan fingerprint density at radius 3 is 2.24 bits per heavy atom. The molecule has 0 aromatic heterocycles. The molecule has 194 valence electrons. The van der Waals surface area contributed by atoms with Crippen molar-refractivity contribution in [2.45, 2.75) is 18.4 Å². The first-order valence-electron chi connectivity index (χ1n) is 11.6. The molecule has 4 aromatic carbocycles. The van der Waals surface area contributed by atoms with Gasteiger partial charge in [-0.25, -0.2) is 12.8 Å². The summed E-state index contributed by atoms with van der Waals surface area (Å²) in [7, 11) is -4.18. The molecule has 0 atom stereocenters. The number of aryl methyl sites for hydroxylation is 1. The van der Waals surface area contributed by atoms with Crippen molar-refractivity contribution in [3.8, 4) is 0 Å². The lowest BCUT2D eigenvalue weighted by Crippen LogP contribution is -2.38. The summed E-state index contributed by atoms with van der Waals surface area (Å²) in [5, 5.41) is 2.93.